The molecule has 2 heterocycles. The van der Waals surface area contributed by atoms with Gasteiger partial charge >= 0.3 is 0 Å². The SMILES string of the molecule is CCS(=O)(=O)N1Cc2cccn2C[C@H](CCOC)C1. The Hall–Kier alpha value is -0.850. The molecule has 0 saturated carbocycles. The van der Waals surface area contributed by atoms with Gasteiger partial charge in [0.15, 0.2) is 0 Å². The normalized spacial score (nSPS) is 21.1. The second kappa shape index (κ2) is 6.07. The zero-order chi connectivity index (χ0) is 13.9. The number of ether oxygens (including phenoxy) is 1. The van der Waals surface area contributed by atoms with Crippen LogP contribution >= 0.6 is 0 Å². The lowest BCUT2D eigenvalue weighted by Gasteiger charge is -2.22. The number of hydrogen-bond donors (Lipinski definition) is 0. The van der Waals surface area contributed by atoms with Gasteiger partial charge in [-0.3, -0.25) is 0 Å². The van der Waals surface area contributed by atoms with Crippen LogP contribution in [0, 0.1) is 5.92 Å². The molecule has 0 aromatic carbocycles. The van der Waals surface area contributed by atoms with Gasteiger partial charge in [0.1, 0.15) is 0 Å². The van der Waals surface area contributed by atoms with Crippen LogP contribution in [-0.4, -0.2) is 43.3 Å². The number of rotatable bonds is 5. The van der Waals surface area contributed by atoms with Crippen LogP contribution in [0.5, 0.6) is 0 Å². The van der Waals surface area contributed by atoms with Crippen LogP contribution in [0.3, 0.4) is 0 Å². The number of aromatic nitrogens is 1. The van der Waals surface area contributed by atoms with E-state index in [1.807, 2.05) is 18.3 Å². The predicted octanol–water partition coefficient (Wildman–Crippen LogP) is 1.31. The molecule has 1 atom stereocenters. The molecule has 0 N–H and O–H groups in total. The van der Waals surface area contributed by atoms with E-state index in [1.54, 1.807) is 18.3 Å². The molecule has 1 aromatic rings. The molecule has 0 radical (unpaired) electrons. The van der Waals surface area contributed by atoms with Gasteiger partial charge < -0.3 is 9.30 Å². The molecule has 0 bridgehead atoms. The summed E-state index contributed by atoms with van der Waals surface area (Å²) in [6, 6.07) is 3.97. The summed E-state index contributed by atoms with van der Waals surface area (Å²) in [6.45, 7) is 4.29. The minimum atomic E-state index is -3.14. The third-order valence-electron chi connectivity index (χ3n) is 3.67. The fraction of sp³-hybridized carbons (Fsp3) is 0.692. The van der Waals surface area contributed by atoms with Gasteiger partial charge in [-0.2, -0.15) is 4.31 Å². The van der Waals surface area contributed by atoms with Crippen molar-refractivity contribution in [3.63, 3.8) is 0 Å². The van der Waals surface area contributed by atoms with Gasteiger partial charge in [0.25, 0.3) is 0 Å². The molecule has 0 fully saturated rings. The lowest BCUT2D eigenvalue weighted by Crippen LogP contribution is -2.35. The summed E-state index contributed by atoms with van der Waals surface area (Å²) in [7, 11) is -1.47. The number of fused-ring (bicyclic) bond motifs is 1. The maximum atomic E-state index is 12.1. The summed E-state index contributed by atoms with van der Waals surface area (Å²) in [5, 5.41) is 0. The van der Waals surface area contributed by atoms with Crippen molar-refractivity contribution in [2.45, 2.75) is 26.4 Å². The van der Waals surface area contributed by atoms with E-state index in [9.17, 15) is 8.42 Å². The minimum absolute atomic E-state index is 0.157. The maximum Gasteiger partial charge on any atom is 0.214 e. The van der Waals surface area contributed by atoms with Crippen molar-refractivity contribution in [3.05, 3.63) is 24.0 Å². The fourth-order valence-electron chi connectivity index (χ4n) is 2.50. The zero-order valence-corrected chi connectivity index (χ0v) is 12.4. The third-order valence-corrected chi connectivity index (χ3v) is 5.46. The molecule has 0 aliphatic carbocycles. The van der Waals surface area contributed by atoms with E-state index in [2.05, 4.69) is 4.57 Å². The Balaban J connectivity index is 2.22. The van der Waals surface area contributed by atoms with E-state index in [0.29, 0.717) is 25.6 Å². The van der Waals surface area contributed by atoms with Crippen LogP contribution in [-0.2, 0) is 27.8 Å². The van der Waals surface area contributed by atoms with Crippen molar-refractivity contribution >= 4 is 10.0 Å². The second-order valence-electron chi connectivity index (χ2n) is 4.99. The largest absolute Gasteiger partial charge is 0.385 e. The molecule has 5 nitrogen and oxygen atoms in total. The van der Waals surface area contributed by atoms with Gasteiger partial charge in [0.2, 0.25) is 10.0 Å². The van der Waals surface area contributed by atoms with Gasteiger partial charge in [-0.15, -0.1) is 0 Å². The summed E-state index contributed by atoms with van der Waals surface area (Å²) in [4.78, 5) is 0. The van der Waals surface area contributed by atoms with Gasteiger partial charge in [-0.1, -0.05) is 0 Å². The second-order valence-corrected chi connectivity index (χ2v) is 7.25. The number of hydrogen-bond acceptors (Lipinski definition) is 3. The Morgan fingerprint density at radius 3 is 2.89 bits per heavy atom. The fourth-order valence-corrected chi connectivity index (χ4v) is 3.63. The summed E-state index contributed by atoms with van der Waals surface area (Å²) >= 11 is 0. The third kappa shape index (κ3) is 3.38. The monoisotopic (exact) mass is 286 g/mol. The van der Waals surface area contributed by atoms with Crippen molar-refractivity contribution in [1.82, 2.24) is 8.87 Å². The standard InChI is InChI=1S/C13H22N2O3S/c1-3-19(16,17)15-10-12(6-8-18-2)9-14-7-4-5-13(14)11-15/h4-5,7,12H,3,6,8-11H2,1-2H3/t12-/m0/s1. The lowest BCUT2D eigenvalue weighted by molar-refractivity contribution is 0.167. The lowest BCUT2D eigenvalue weighted by atomic mass is 10.1. The van der Waals surface area contributed by atoms with E-state index >= 15 is 0 Å². The van der Waals surface area contributed by atoms with Crippen molar-refractivity contribution < 1.29 is 13.2 Å². The zero-order valence-electron chi connectivity index (χ0n) is 11.6. The molecule has 6 heteroatoms. The number of sulfonamides is 1. The predicted molar refractivity (Wildman–Crippen MR) is 74.3 cm³/mol. The van der Waals surface area contributed by atoms with E-state index in [-0.39, 0.29) is 5.75 Å². The average Bonchev–Trinajstić information content (AvgIpc) is 2.74. The highest BCUT2D eigenvalue weighted by molar-refractivity contribution is 7.89. The summed E-state index contributed by atoms with van der Waals surface area (Å²) < 4.78 is 33.2. The van der Waals surface area contributed by atoms with Crippen LogP contribution in [0.25, 0.3) is 0 Å². The smallest absolute Gasteiger partial charge is 0.214 e. The van der Waals surface area contributed by atoms with E-state index < -0.39 is 10.0 Å². The van der Waals surface area contributed by atoms with Crippen LogP contribution in [0.4, 0.5) is 0 Å². The van der Waals surface area contributed by atoms with Crippen LogP contribution < -0.4 is 0 Å². The molecule has 0 spiro atoms. The van der Waals surface area contributed by atoms with Gasteiger partial charge in [0, 0.05) is 38.7 Å². The van der Waals surface area contributed by atoms with E-state index in [4.69, 9.17) is 4.74 Å². The first kappa shape index (κ1) is 14.6. The van der Waals surface area contributed by atoms with Crippen molar-refractivity contribution in [2.24, 2.45) is 5.92 Å². The number of methoxy groups -OCH3 is 1. The first-order chi connectivity index (χ1) is 9.06. The van der Waals surface area contributed by atoms with Crippen molar-refractivity contribution in [1.29, 1.82) is 0 Å². The highest BCUT2D eigenvalue weighted by Crippen LogP contribution is 2.21. The summed E-state index contributed by atoms with van der Waals surface area (Å²) in [5.74, 6) is 0.458. The van der Waals surface area contributed by atoms with E-state index in [1.165, 1.54) is 0 Å². The Kier molecular flexibility index (Phi) is 4.65. The Morgan fingerprint density at radius 1 is 1.42 bits per heavy atom. The summed E-state index contributed by atoms with van der Waals surface area (Å²) in [6.07, 6.45) is 2.90. The van der Waals surface area contributed by atoms with Crippen LogP contribution in [0.1, 0.15) is 19.0 Å². The molecule has 19 heavy (non-hydrogen) atoms. The minimum Gasteiger partial charge on any atom is -0.385 e. The average molecular weight is 286 g/mol. The molecule has 1 aliphatic heterocycles. The molecule has 2 rings (SSSR count). The quantitative estimate of drug-likeness (QED) is 0.820. The van der Waals surface area contributed by atoms with Crippen molar-refractivity contribution in [3.8, 4) is 0 Å². The molecular formula is C13H22N2O3S. The Bertz CT molecular complexity index is 510. The molecule has 1 aromatic heterocycles. The van der Waals surface area contributed by atoms with Gasteiger partial charge in [-0.05, 0) is 31.4 Å². The van der Waals surface area contributed by atoms with Gasteiger partial charge in [0.05, 0.1) is 12.3 Å². The highest BCUT2D eigenvalue weighted by Gasteiger charge is 2.28. The molecule has 108 valence electrons. The Labute approximate surface area is 115 Å². The molecule has 0 amide bonds. The molecule has 0 unspecified atom stereocenters. The summed E-state index contributed by atoms with van der Waals surface area (Å²) in [5.41, 5.74) is 1.07. The molecular weight excluding hydrogens is 264 g/mol. The Morgan fingerprint density at radius 2 is 2.21 bits per heavy atom. The highest BCUT2D eigenvalue weighted by atomic mass is 32.2. The first-order valence-corrected chi connectivity index (χ1v) is 8.28. The van der Waals surface area contributed by atoms with Gasteiger partial charge in [-0.25, -0.2) is 8.42 Å². The maximum absolute atomic E-state index is 12.1. The van der Waals surface area contributed by atoms with Crippen molar-refractivity contribution in [2.75, 3.05) is 26.0 Å². The first-order valence-electron chi connectivity index (χ1n) is 6.67. The van der Waals surface area contributed by atoms with Crippen LogP contribution in [0.2, 0.25) is 0 Å². The topological polar surface area (TPSA) is 51.5 Å². The van der Waals surface area contributed by atoms with Crippen LogP contribution in [0.15, 0.2) is 18.3 Å². The molecule has 0 saturated heterocycles. The molecule has 1 aliphatic rings. The number of nitrogens with zero attached hydrogens (tertiary/aromatic N) is 2. The van der Waals surface area contributed by atoms with E-state index in [0.717, 1.165) is 18.7 Å².